The van der Waals surface area contributed by atoms with Gasteiger partial charge in [0.2, 0.25) is 0 Å². The molecule has 0 aromatic heterocycles. The van der Waals surface area contributed by atoms with Gasteiger partial charge in [0, 0.05) is 0 Å². The first-order valence-corrected chi connectivity index (χ1v) is 25.4. The Bertz CT molecular complexity index is 841. The maximum atomic E-state index is 13.5. The minimum absolute atomic E-state index is 0.0731. The molecule has 0 rings (SSSR count). The molecule has 0 aliphatic heterocycles. The van der Waals surface area contributed by atoms with E-state index in [4.69, 9.17) is 14.2 Å². The molecular formula is C51H98O6. The van der Waals surface area contributed by atoms with Crippen molar-refractivity contribution in [2.45, 2.75) is 279 Å². The standard InChI is InChI=1S/C51H98O6/c1-7-13-16-19-22-25-28-31-34-37-40-45(10-4)49(52)55-43-48(57-51(54)47(12-6)42-39-36-33-30-27-24-21-18-15-9-3)44-56-50(53)46(11-5)41-38-35-32-29-26-23-20-17-14-8-2/h45-48H,7-44H2,1-6H3. The molecule has 6 nitrogen and oxygen atoms in total. The normalized spacial score (nSPS) is 13.6. The molecule has 3 unspecified atom stereocenters. The molecule has 0 radical (unpaired) electrons. The highest BCUT2D eigenvalue weighted by atomic mass is 16.6. The van der Waals surface area contributed by atoms with Gasteiger partial charge in [-0.1, -0.05) is 234 Å². The number of ether oxygens (including phenoxy) is 3. The second-order valence-electron chi connectivity index (χ2n) is 17.5. The summed E-state index contributed by atoms with van der Waals surface area (Å²) in [5.41, 5.74) is 0. The summed E-state index contributed by atoms with van der Waals surface area (Å²) in [6.45, 7) is 12.8. The van der Waals surface area contributed by atoms with Gasteiger partial charge in [0.25, 0.3) is 0 Å². The third-order valence-corrected chi connectivity index (χ3v) is 12.3. The van der Waals surface area contributed by atoms with Crippen molar-refractivity contribution in [2.75, 3.05) is 13.2 Å². The van der Waals surface area contributed by atoms with Gasteiger partial charge in [0.15, 0.2) is 6.10 Å². The molecule has 0 aliphatic carbocycles. The van der Waals surface area contributed by atoms with Gasteiger partial charge in [-0.25, -0.2) is 0 Å². The molecule has 0 saturated carbocycles. The first-order valence-electron chi connectivity index (χ1n) is 25.4. The summed E-state index contributed by atoms with van der Waals surface area (Å²) in [5, 5.41) is 0. The first kappa shape index (κ1) is 55.4. The lowest BCUT2D eigenvalue weighted by molar-refractivity contribution is -0.172. The van der Waals surface area contributed by atoms with Crippen LogP contribution in [0.4, 0.5) is 0 Å². The van der Waals surface area contributed by atoms with E-state index in [1.165, 1.54) is 154 Å². The highest BCUT2D eigenvalue weighted by molar-refractivity contribution is 5.74. The van der Waals surface area contributed by atoms with Gasteiger partial charge < -0.3 is 14.2 Å². The minimum Gasteiger partial charge on any atom is -0.461 e. The lowest BCUT2D eigenvalue weighted by Gasteiger charge is -2.23. The van der Waals surface area contributed by atoms with Crippen LogP contribution in [0.15, 0.2) is 0 Å². The quantitative estimate of drug-likeness (QED) is 0.0347. The Hall–Kier alpha value is -1.59. The van der Waals surface area contributed by atoms with Crippen molar-refractivity contribution in [2.24, 2.45) is 17.8 Å². The Balaban J connectivity index is 5.01. The van der Waals surface area contributed by atoms with Crippen LogP contribution in [0.25, 0.3) is 0 Å². The zero-order valence-corrected chi connectivity index (χ0v) is 39.1. The van der Waals surface area contributed by atoms with Gasteiger partial charge in [-0.2, -0.15) is 0 Å². The summed E-state index contributed by atoms with van der Waals surface area (Å²) in [7, 11) is 0. The van der Waals surface area contributed by atoms with Crippen LogP contribution in [-0.2, 0) is 28.6 Å². The summed E-state index contributed by atoms with van der Waals surface area (Å²) in [4.78, 5) is 40.0. The highest BCUT2D eigenvalue weighted by Gasteiger charge is 2.27. The minimum atomic E-state index is -0.795. The smallest absolute Gasteiger partial charge is 0.309 e. The molecule has 0 fully saturated rings. The van der Waals surface area contributed by atoms with Crippen molar-refractivity contribution in [3.63, 3.8) is 0 Å². The highest BCUT2D eigenvalue weighted by Crippen LogP contribution is 2.22. The maximum absolute atomic E-state index is 13.5. The maximum Gasteiger partial charge on any atom is 0.309 e. The van der Waals surface area contributed by atoms with E-state index in [1.54, 1.807) is 0 Å². The lowest BCUT2D eigenvalue weighted by atomic mass is 9.97. The summed E-state index contributed by atoms with van der Waals surface area (Å²) < 4.78 is 17.7. The predicted molar refractivity (Wildman–Crippen MR) is 243 cm³/mol. The SMILES string of the molecule is CCCCCCCCCCCCC(CC)C(=O)OCC(COC(=O)C(CC)CCCCCCCCCCCC)OC(=O)C(CC)CCCCCCCCCCCC. The summed E-state index contributed by atoms with van der Waals surface area (Å²) in [5.74, 6) is -1.25. The van der Waals surface area contributed by atoms with Gasteiger partial charge >= 0.3 is 17.9 Å². The van der Waals surface area contributed by atoms with Crippen LogP contribution in [0, 0.1) is 17.8 Å². The van der Waals surface area contributed by atoms with E-state index in [2.05, 4.69) is 20.8 Å². The zero-order chi connectivity index (χ0) is 42.0. The number of unbranched alkanes of at least 4 members (excludes halogenated alkanes) is 27. The number of hydrogen-bond acceptors (Lipinski definition) is 6. The molecule has 0 saturated heterocycles. The second-order valence-corrected chi connectivity index (χ2v) is 17.5. The molecule has 0 N–H and O–H groups in total. The molecule has 0 aliphatic rings. The van der Waals surface area contributed by atoms with Crippen molar-refractivity contribution in [3.8, 4) is 0 Å². The monoisotopic (exact) mass is 807 g/mol. The average molecular weight is 807 g/mol. The number of carbonyl (C=O) groups is 3. The van der Waals surface area contributed by atoms with Gasteiger partial charge in [-0.15, -0.1) is 0 Å². The van der Waals surface area contributed by atoms with E-state index in [9.17, 15) is 14.4 Å². The molecule has 57 heavy (non-hydrogen) atoms. The number of carbonyl (C=O) groups excluding carboxylic acids is 3. The van der Waals surface area contributed by atoms with Gasteiger partial charge in [-0.3, -0.25) is 14.4 Å². The Kier molecular flexibility index (Phi) is 41.3. The van der Waals surface area contributed by atoms with Gasteiger partial charge in [0.05, 0.1) is 17.8 Å². The van der Waals surface area contributed by atoms with Crippen molar-refractivity contribution >= 4 is 17.9 Å². The molecule has 6 heteroatoms. The Morgan fingerprint density at radius 1 is 0.316 bits per heavy atom. The Morgan fingerprint density at radius 3 is 0.789 bits per heavy atom. The fraction of sp³-hybridized carbons (Fsp3) is 0.941. The van der Waals surface area contributed by atoms with Crippen molar-refractivity contribution in [1.29, 1.82) is 0 Å². The topological polar surface area (TPSA) is 78.9 Å². The zero-order valence-electron chi connectivity index (χ0n) is 39.1. The Labute approximate surface area is 355 Å². The van der Waals surface area contributed by atoms with Crippen LogP contribution in [0.3, 0.4) is 0 Å². The molecule has 0 heterocycles. The van der Waals surface area contributed by atoms with Crippen molar-refractivity contribution in [1.82, 2.24) is 0 Å². The van der Waals surface area contributed by atoms with Crippen LogP contribution < -0.4 is 0 Å². The van der Waals surface area contributed by atoms with Gasteiger partial charge in [0.1, 0.15) is 13.2 Å². The molecule has 0 bridgehead atoms. The molecule has 0 amide bonds. The average Bonchev–Trinajstić information content (AvgIpc) is 3.21. The predicted octanol–water partition coefficient (Wildman–Crippen LogP) is 16.0. The fourth-order valence-corrected chi connectivity index (χ4v) is 8.06. The Morgan fingerprint density at radius 2 is 0.544 bits per heavy atom. The second kappa shape index (κ2) is 42.5. The van der Waals surface area contributed by atoms with E-state index in [0.717, 1.165) is 70.6 Å². The van der Waals surface area contributed by atoms with Crippen LogP contribution in [0.1, 0.15) is 273 Å². The molecular weight excluding hydrogens is 709 g/mol. The molecule has 0 aromatic rings. The van der Waals surface area contributed by atoms with Crippen LogP contribution in [0.2, 0.25) is 0 Å². The third kappa shape index (κ3) is 33.9. The molecule has 338 valence electrons. The van der Waals surface area contributed by atoms with E-state index < -0.39 is 6.10 Å². The van der Waals surface area contributed by atoms with Crippen molar-refractivity contribution in [3.05, 3.63) is 0 Å². The van der Waals surface area contributed by atoms with E-state index >= 15 is 0 Å². The number of hydrogen-bond donors (Lipinski definition) is 0. The van der Waals surface area contributed by atoms with Crippen LogP contribution in [0.5, 0.6) is 0 Å². The number of rotatable bonds is 44. The summed E-state index contributed by atoms with van der Waals surface area (Å²) in [6.07, 6.45) is 41.7. The van der Waals surface area contributed by atoms with Crippen LogP contribution in [-0.4, -0.2) is 37.2 Å². The molecule has 3 atom stereocenters. The molecule has 0 spiro atoms. The third-order valence-electron chi connectivity index (χ3n) is 12.3. The lowest BCUT2D eigenvalue weighted by Crippen LogP contribution is -2.34. The summed E-state index contributed by atoms with van der Waals surface area (Å²) >= 11 is 0. The van der Waals surface area contributed by atoms with Crippen LogP contribution >= 0.6 is 0 Å². The van der Waals surface area contributed by atoms with Gasteiger partial charge in [-0.05, 0) is 38.5 Å². The molecule has 0 aromatic carbocycles. The van der Waals surface area contributed by atoms with E-state index in [0.29, 0.717) is 6.42 Å². The number of esters is 3. The fourth-order valence-electron chi connectivity index (χ4n) is 8.06. The first-order chi connectivity index (χ1) is 27.9. The van der Waals surface area contributed by atoms with Crippen molar-refractivity contribution < 1.29 is 28.6 Å². The van der Waals surface area contributed by atoms with E-state index in [1.807, 2.05) is 20.8 Å². The largest absolute Gasteiger partial charge is 0.461 e. The summed E-state index contributed by atoms with van der Waals surface area (Å²) in [6, 6.07) is 0. The van der Waals surface area contributed by atoms with E-state index in [-0.39, 0.29) is 48.9 Å².